The van der Waals surface area contributed by atoms with E-state index >= 15 is 0 Å². The highest BCUT2D eigenvalue weighted by molar-refractivity contribution is 7.92. The summed E-state index contributed by atoms with van der Waals surface area (Å²) in [6, 6.07) is 6.12. The molecule has 6 nitrogen and oxygen atoms in total. The molecule has 2 rings (SSSR count). The maximum Gasteiger partial charge on any atom is 0.264 e. The van der Waals surface area contributed by atoms with Crippen LogP contribution in [0, 0.1) is 0 Å². The Kier molecular flexibility index (Phi) is 2.95. The van der Waals surface area contributed by atoms with Crippen molar-refractivity contribution in [2.24, 2.45) is 0 Å². The topological polar surface area (TPSA) is 101 Å². The number of aromatic nitrogens is 2. The van der Waals surface area contributed by atoms with Gasteiger partial charge in [-0.05, 0) is 12.1 Å². The summed E-state index contributed by atoms with van der Waals surface area (Å²) < 4.78 is 26.2. The van der Waals surface area contributed by atoms with Gasteiger partial charge in [-0.2, -0.15) is 5.10 Å². The lowest BCUT2D eigenvalue weighted by molar-refractivity contribution is 0.601. The van der Waals surface area contributed by atoms with Crippen LogP contribution in [-0.4, -0.2) is 18.6 Å². The number of benzene rings is 1. The summed E-state index contributed by atoms with van der Waals surface area (Å²) in [6.45, 7) is 0. The minimum Gasteiger partial charge on any atom is -0.394 e. The number of sulfonamides is 1. The van der Waals surface area contributed by atoms with Crippen molar-refractivity contribution in [1.82, 2.24) is 10.2 Å². The summed E-state index contributed by atoms with van der Waals surface area (Å²) in [5, 5.41) is 6.19. The predicted molar refractivity (Wildman–Crippen MR) is 65.3 cm³/mol. The van der Waals surface area contributed by atoms with Crippen LogP contribution in [0.5, 0.6) is 0 Å². The van der Waals surface area contributed by atoms with Gasteiger partial charge < -0.3 is 5.73 Å². The molecule has 0 aliphatic heterocycles. The third-order valence-electron chi connectivity index (χ3n) is 2.03. The Labute approximate surface area is 103 Å². The van der Waals surface area contributed by atoms with E-state index in [0.717, 1.165) is 0 Å². The number of anilines is 2. The molecule has 0 bridgehead atoms. The van der Waals surface area contributed by atoms with Crippen molar-refractivity contribution in [3.63, 3.8) is 0 Å². The smallest absolute Gasteiger partial charge is 0.264 e. The lowest BCUT2D eigenvalue weighted by atomic mass is 10.4. The Bertz CT molecular complexity index is 638. The molecular weight excluding hydrogens is 264 g/mol. The Balaban J connectivity index is 2.39. The number of halogens is 1. The van der Waals surface area contributed by atoms with Crippen LogP contribution < -0.4 is 10.5 Å². The molecule has 8 heteroatoms. The summed E-state index contributed by atoms with van der Waals surface area (Å²) in [4.78, 5) is -0.0179. The van der Waals surface area contributed by atoms with Crippen molar-refractivity contribution in [2.45, 2.75) is 4.90 Å². The molecule has 0 atom stereocenters. The average molecular weight is 273 g/mol. The molecule has 0 unspecified atom stereocenters. The second-order valence-corrected chi connectivity index (χ2v) is 5.29. The summed E-state index contributed by atoms with van der Waals surface area (Å²) in [7, 11) is -3.77. The number of nitrogens with one attached hydrogen (secondary N) is 2. The van der Waals surface area contributed by atoms with Crippen LogP contribution in [-0.2, 0) is 10.0 Å². The fraction of sp³-hybridized carbons (Fsp3) is 0. The quantitative estimate of drug-likeness (QED) is 0.787. The summed E-state index contributed by atoms with van der Waals surface area (Å²) in [6.07, 6.45) is 1.31. The molecule has 0 aliphatic carbocycles. The first kappa shape index (κ1) is 11.7. The lowest BCUT2D eigenvalue weighted by Gasteiger charge is -2.07. The third-order valence-corrected chi connectivity index (χ3v) is 3.88. The van der Waals surface area contributed by atoms with Crippen molar-refractivity contribution in [1.29, 1.82) is 0 Å². The highest BCUT2D eigenvalue weighted by Crippen LogP contribution is 2.24. The monoisotopic (exact) mass is 272 g/mol. The number of nitrogen functional groups attached to an aromatic ring is 1. The van der Waals surface area contributed by atoms with Crippen molar-refractivity contribution in [3.05, 3.63) is 35.5 Å². The average Bonchev–Trinajstić information content (AvgIpc) is 2.64. The fourth-order valence-corrected chi connectivity index (χ4v) is 2.79. The molecule has 1 aromatic carbocycles. The van der Waals surface area contributed by atoms with E-state index < -0.39 is 10.0 Å². The Morgan fingerprint density at radius 1 is 1.35 bits per heavy atom. The van der Waals surface area contributed by atoms with E-state index in [0.29, 0.717) is 0 Å². The molecule has 0 aliphatic rings. The molecule has 1 aromatic heterocycles. The van der Waals surface area contributed by atoms with Crippen LogP contribution >= 0.6 is 11.6 Å². The Morgan fingerprint density at radius 3 is 2.65 bits per heavy atom. The molecule has 0 radical (unpaired) electrons. The van der Waals surface area contributed by atoms with Gasteiger partial charge in [0, 0.05) is 0 Å². The standard InChI is InChI=1S/C9H9ClN4O2S/c10-6-3-1-2-4-8(6)17(15,16)14-9-7(11)5-12-13-9/h1-5H,11H2,(H2,12,13,14). The van der Waals surface area contributed by atoms with Gasteiger partial charge in [0.05, 0.1) is 16.9 Å². The first-order valence-corrected chi connectivity index (χ1v) is 6.43. The minimum absolute atomic E-state index is 0.0179. The molecular formula is C9H9ClN4O2S. The highest BCUT2D eigenvalue weighted by atomic mass is 35.5. The number of aromatic amines is 1. The largest absolute Gasteiger partial charge is 0.394 e. The van der Waals surface area contributed by atoms with Gasteiger partial charge >= 0.3 is 0 Å². The second kappa shape index (κ2) is 4.27. The maximum absolute atomic E-state index is 12.0. The van der Waals surface area contributed by atoms with Crippen LogP contribution in [0.3, 0.4) is 0 Å². The van der Waals surface area contributed by atoms with E-state index in [9.17, 15) is 8.42 Å². The summed E-state index contributed by atoms with van der Waals surface area (Å²) >= 11 is 5.81. The number of H-pyrrole nitrogens is 1. The maximum atomic E-state index is 12.0. The van der Waals surface area contributed by atoms with E-state index in [-0.39, 0.29) is 21.4 Å². The van der Waals surface area contributed by atoms with Gasteiger partial charge in [0.25, 0.3) is 10.0 Å². The summed E-state index contributed by atoms with van der Waals surface area (Å²) in [5.41, 5.74) is 5.72. The summed E-state index contributed by atoms with van der Waals surface area (Å²) in [5.74, 6) is 0.116. The SMILES string of the molecule is Nc1cn[nH]c1NS(=O)(=O)c1ccccc1Cl. The number of hydrogen-bond acceptors (Lipinski definition) is 4. The molecule has 0 saturated carbocycles. The molecule has 0 saturated heterocycles. The van der Waals surface area contributed by atoms with E-state index in [1.165, 1.54) is 18.3 Å². The molecule has 1 heterocycles. The molecule has 2 aromatic rings. The van der Waals surface area contributed by atoms with E-state index in [4.69, 9.17) is 17.3 Å². The van der Waals surface area contributed by atoms with Gasteiger partial charge in [-0.15, -0.1) is 0 Å². The molecule has 0 amide bonds. The van der Waals surface area contributed by atoms with Gasteiger partial charge in [-0.1, -0.05) is 23.7 Å². The van der Waals surface area contributed by atoms with Crippen LogP contribution in [0.1, 0.15) is 0 Å². The molecule has 0 fully saturated rings. The number of nitrogens with zero attached hydrogens (tertiary/aromatic N) is 1. The van der Waals surface area contributed by atoms with Crippen molar-refractivity contribution < 1.29 is 8.42 Å². The zero-order valence-electron chi connectivity index (χ0n) is 8.51. The number of hydrogen-bond donors (Lipinski definition) is 3. The normalized spacial score (nSPS) is 11.4. The van der Waals surface area contributed by atoms with Crippen LogP contribution in [0.25, 0.3) is 0 Å². The van der Waals surface area contributed by atoms with Crippen molar-refractivity contribution >= 4 is 33.1 Å². The molecule has 17 heavy (non-hydrogen) atoms. The van der Waals surface area contributed by atoms with E-state index in [1.54, 1.807) is 12.1 Å². The van der Waals surface area contributed by atoms with Crippen LogP contribution in [0.2, 0.25) is 5.02 Å². The lowest BCUT2D eigenvalue weighted by Crippen LogP contribution is -2.14. The van der Waals surface area contributed by atoms with Crippen molar-refractivity contribution in [3.8, 4) is 0 Å². The molecule has 0 spiro atoms. The first-order chi connectivity index (χ1) is 8.00. The molecule has 90 valence electrons. The van der Waals surface area contributed by atoms with Gasteiger partial charge in [0.15, 0.2) is 5.82 Å². The zero-order chi connectivity index (χ0) is 12.5. The van der Waals surface area contributed by atoms with Crippen LogP contribution in [0.4, 0.5) is 11.5 Å². The van der Waals surface area contributed by atoms with Gasteiger partial charge in [0.1, 0.15) is 4.90 Å². The molecule has 4 N–H and O–H groups in total. The second-order valence-electron chi connectivity index (χ2n) is 3.24. The Hall–Kier alpha value is -1.73. The highest BCUT2D eigenvalue weighted by Gasteiger charge is 2.19. The van der Waals surface area contributed by atoms with Crippen LogP contribution in [0.15, 0.2) is 35.4 Å². The van der Waals surface area contributed by atoms with Gasteiger partial charge in [-0.25, -0.2) is 8.42 Å². The Morgan fingerprint density at radius 2 is 2.06 bits per heavy atom. The van der Waals surface area contributed by atoms with Gasteiger partial charge in [-0.3, -0.25) is 9.82 Å². The zero-order valence-corrected chi connectivity index (χ0v) is 10.1. The minimum atomic E-state index is -3.77. The third kappa shape index (κ3) is 2.34. The van der Waals surface area contributed by atoms with E-state index in [2.05, 4.69) is 14.9 Å². The predicted octanol–water partition coefficient (Wildman–Crippen LogP) is 1.45. The van der Waals surface area contributed by atoms with E-state index in [1.807, 2.05) is 0 Å². The van der Waals surface area contributed by atoms with Gasteiger partial charge in [0.2, 0.25) is 0 Å². The van der Waals surface area contributed by atoms with Crippen molar-refractivity contribution in [2.75, 3.05) is 10.5 Å². The number of nitrogens with two attached hydrogens (primary N) is 1. The number of rotatable bonds is 3. The first-order valence-electron chi connectivity index (χ1n) is 4.57. The fourth-order valence-electron chi connectivity index (χ4n) is 1.23.